The van der Waals surface area contributed by atoms with Crippen molar-refractivity contribution in [1.29, 1.82) is 0 Å². The van der Waals surface area contributed by atoms with E-state index in [4.69, 9.17) is 0 Å². The van der Waals surface area contributed by atoms with Crippen LogP contribution in [0, 0.1) is 13.8 Å². The average Bonchev–Trinajstić information content (AvgIpc) is 2.82. The van der Waals surface area contributed by atoms with Crippen LogP contribution in [-0.2, 0) is 17.1 Å². The Hall–Kier alpha value is -2.13. The first kappa shape index (κ1) is 17.7. The molecule has 0 aromatic carbocycles. The van der Waals surface area contributed by atoms with Crippen LogP contribution >= 0.6 is 0 Å². The van der Waals surface area contributed by atoms with Crippen molar-refractivity contribution in [3.63, 3.8) is 0 Å². The number of rotatable bonds is 4. The molecule has 1 N–H and O–H groups in total. The Balaban J connectivity index is 1.79. The number of hydrogen-bond acceptors (Lipinski definition) is 6. The first-order valence-electron chi connectivity index (χ1n) is 8.20. The predicted molar refractivity (Wildman–Crippen MR) is 97.4 cm³/mol. The highest BCUT2D eigenvalue weighted by Gasteiger charge is 2.21. The van der Waals surface area contributed by atoms with Crippen molar-refractivity contribution in [3.8, 4) is 0 Å². The van der Waals surface area contributed by atoms with Gasteiger partial charge in [0, 0.05) is 39.4 Å². The van der Waals surface area contributed by atoms with Crippen molar-refractivity contribution in [1.82, 2.24) is 19.7 Å². The van der Waals surface area contributed by atoms with Crippen LogP contribution in [0.4, 0.5) is 11.5 Å². The Morgan fingerprint density at radius 2 is 1.76 bits per heavy atom. The summed E-state index contributed by atoms with van der Waals surface area (Å²) in [7, 11) is 0.182. The standard InChI is InChI=1S/C16H24N6O2S/c1-12-16(13(2)21(4)18-12)19-25(23,24)14-5-6-15(17-11-14)22-9-7-20(3)8-10-22/h5-6,11,19H,7-10H2,1-4H3. The molecule has 0 radical (unpaired) electrons. The zero-order chi connectivity index (χ0) is 18.2. The molecule has 8 nitrogen and oxygen atoms in total. The first-order valence-corrected chi connectivity index (χ1v) is 9.69. The second-order valence-corrected chi connectivity index (χ2v) is 8.10. The Morgan fingerprint density at radius 1 is 1.08 bits per heavy atom. The van der Waals surface area contributed by atoms with Crippen LogP contribution in [0.5, 0.6) is 0 Å². The summed E-state index contributed by atoms with van der Waals surface area (Å²) in [5.74, 6) is 0.806. The molecule has 1 aliphatic heterocycles. The quantitative estimate of drug-likeness (QED) is 0.871. The van der Waals surface area contributed by atoms with Gasteiger partial charge in [-0.2, -0.15) is 5.10 Å². The highest BCUT2D eigenvalue weighted by Crippen LogP contribution is 2.23. The zero-order valence-corrected chi connectivity index (χ0v) is 15.8. The van der Waals surface area contributed by atoms with Crippen LogP contribution in [0.15, 0.2) is 23.2 Å². The third kappa shape index (κ3) is 3.62. The van der Waals surface area contributed by atoms with E-state index >= 15 is 0 Å². The number of anilines is 2. The molecule has 0 unspecified atom stereocenters. The van der Waals surface area contributed by atoms with Crippen LogP contribution in [0.25, 0.3) is 0 Å². The topological polar surface area (TPSA) is 83.4 Å². The van der Waals surface area contributed by atoms with E-state index in [1.165, 1.54) is 6.20 Å². The molecule has 0 amide bonds. The lowest BCUT2D eigenvalue weighted by Crippen LogP contribution is -2.44. The minimum Gasteiger partial charge on any atom is -0.354 e. The molecule has 1 fully saturated rings. The molecule has 1 aliphatic rings. The smallest absolute Gasteiger partial charge is 0.263 e. The maximum absolute atomic E-state index is 12.6. The molecule has 0 spiro atoms. The van der Waals surface area contributed by atoms with Crippen LogP contribution in [-0.4, -0.2) is 61.3 Å². The highest BCUT2D eigenvalue weighted by molar-refractivity contribution is 7.92. The number of sulfonamides is 1. The van der Waals surface area contributed by atoms with Gasteiger partial charge in [0.1, 0.15) is 10.7 Å². The summed E-state index contributed by atoms with van der Waals surface area (Å²) in [4.78, 5) is 8.93. The number of pyridine rings is 1. The Morgan fingerprint density at radius 3 is 2.28 bits per heavy atom. The third-order valence-electron chi connectivity index (χ3n) is 4.60. The maximum atomic E-state index is 12.6. The van der Waals surface area contributed by atoms with Gasteiger partial charge in [-0.1, -0.05) is 0 Å². The largest absolute Gasteiger partial charge is 0.354 e. The molecule has 0 bridgehead atoms. The molecule has 3 heterocycles. The van der Waals surface area contributed by atoms with Crippen LogP contribution in [0.1, 0.15) is 11.4 Å². The zero-order valence-electron chi connectivity index (χ0n) is 15.0. The molecular formula is C16H24N6O2S. The summed E-state index contributed by atoms with van der Waals surface area (Å²) in [5, 5.41) is 4.23. The van der Waals surface area contributed by atoms with Crippen LogP contribution in [0.3, 0.4) is 0 Å². The second-order valence-electron chi connectivity index (χ2n) is 6.42. The van der Waals surface area contributed by atoms with Gasteiger partial charge in [-0.15, -0.1) is 0 Å². The molecule has 136 valence electrons. The van der Waals surface area contributed by atoms with Gasteiger partial charge in [-0.05, 0) is 33.0 Å². The molecule has 9 heteroatoms. The normalized spacial score (nSPS) is 16.2. The van der Waals surface area contributed by atoms with Crippen molar-refractivity contribution in [3.05, 3.63) is 29.7 Å². The Kier molecular flexibility index (Phi) is 4.70. The van der Waals surface area contributed by atoms with Crippen LogP contribution < -0.4 is 9.62 Å². The van der Waals surface area contributed by atoms with E-state index in [1.807, 2.05) is 6.92 Å². The van der Waals surface area contributed by atoms with E-state index in [1.54, 1.807) is 30.8 Å². The molecule has 1 saturated heterocycles. The fourth-order valence-corrected chi connectivity index (χ4v) is 3.99. The van der Waals surface area contributed by atoms with E-state index in [0.29, 0.717) is 11.4 Å². The number of piperazine rings is 1. The van der Waals surface area contributed by atoms with Crippen molar-refractivity contribution in [2.45, 2.75) is 18.7 Å². The van der Waals surface area contributed by atoms with Gasteiger partial charge in [-0.25, -0.2) is 13.4 Å². The monoisotopic (exact) mass is 364 g/mol. The SMILES string of the molecule is Cc1nn(C)c(C)c1NS(=O)(=O)c1ccc(N2CCN(C)CC2)nc1. The lowest BCUT2D eigenvalue weighted by molar-refractivity contribution is 0.312. The number of aromatic nitrogens is 3. The minimum atomic E-state index is -3.69. The van der Waals surface area contributed by atoms with Gasteiger partial charge in [0.2, 0.25) is 0 Å². The highest BCUT2D eigenvalue weighted by atomic mass is 32.2. The lowest BCUT2D eigenvalue weighted by Gasteiger charge is -2.33. The summed E-state index contributed by atoms with van der Waals surface area (Å²) >= 11 is 0. The molecule has 0 aliphatic carbocycles. The van der Waals surface area contributed by atoms with E-state index in [0.717, 1.165) is 37.7 Å². The van der Waals surface area contributed by atoms with E-state index in [2.05, 4.69) is 31.7 Å². The molecular weight excluding hydrogens is 340 g/mol. The van der Waals surface area contributed by atoms with Gasteiger partial charge in [0.15, 0.2) is 0 Å². The molecule has 3 rings (SSSR count). The van der Waals surface area contributed by atoms with Gasteiger partial charge in [0.05, 0.1) is 17.1 Å². The number of aryl methyl sites for hydroxylation is 2. The molecule has 0 saturated carbocycles. The summed E-state index contributed by atoms with van der Waals surface area (Å²) in [6.45, 7) is 7.34. The summed E-state index contributed by atoms with van der Waals surface area (Å²) in [5.41, 5.74) is 1.93. The maximum Gasteiger partial charge on any atom is 0.263 e. The Labute approximate surface area is 148 Å². The summed E-state index contributed by atoms with van der Waals surface area (Å²) in [6, 6.07) is 3.37. The first-order chi connectivity index (χ1) is 11.8. The number of hydrogen-bond donors (Lipinski definition) is 1. The van der Waals surface area contributed by atoms with Crippen molar-refractivity contribution in [2.24, 2.45) is 7.05 Å². The van der Waals surface area contributed by atoms with Crippen molar-refractivity contribution >= 4 is 21.5 Å². The van der Waals surface area contributed by atoms with Gasteiger partial charge in [-0.3, -0.25) is 9.40 Å². The summed E-state index contributed by atoms with van der Waals surface area (Å²) < 4.78 is 29.6. The summed E-state index contributed by atoms with van der Waals surface area (Å²) in [6.07, 6.45) is 1.41. The number of likely N-dealkylation sites (N-methyl/N-ethyl adjacent to an activating group) is 1. The van der Waals surface area contributed by atoms with E-state index in [9.17, 15) is 8.42 Å². The Bertz CT molecular complexity index is 851. The average molecular weight is 364 g/mol. The van der Waals surface area contributed by atoms with Gasteiger partial charge < -0.3 is 9.80 Å². The molecule has 25 heavy (non-hydrogen) atoms. The minimum absolute atomic E-state index is 0.146. The third-order valence-corrected chi connectivity index (χ3v) is 5.94. The van der Waals surface area contributed by atoms with Gasteiger partial charge >= 0.3 is 0 Å². The molecule has 0 atom stereocenters. The van der Waals surface area contributed by atoms with Crippen molar-refractivity contribution in [2.75, 3.05) is 42.8 Å². The lowest BCUT2D eigenvalue weighted by atomic mass is 10.3. The van der Waals surface area contributed by atoms with E-state index in [-0.39, 0.29) is 4.90 Å². The molecule has 2 aromatic heterocycles. The molecule has 2 aromatic rings. The van der Waals surface area contributed by atoms with Crippen molar-refractivity contribution < 1.29 is 8.42 Å². The number of nitrogens with one attached hydrogen (secondary N) is 1. The fraction of sp³-hybridized carbons (Fsp3) is 0.500. The second kappa shape index (κ2) is 6.64. The predicted octanol–water partition coefficient (Wildman–Crippen LogP) is 0.985. The van der Waals surface area contributed by atoms with Gasteiger partial charge in [0.25, 0.3) is 10.0 Å². The van der Waals surface area contributed by atoms with E-state index < -0.39 is 10.0 Å². The fourth-order valence-electron chi connectivity index (χ4n) is 2.87. The van der Waals surface area contributed by atoms with Crippen LogP contribution in [0.2, 0.25) is 0 Å². The number of nitrogens with zero attached hydrogens (tertiary/aromatic N) is 5.